The second-order valence-corrected chi connectivity index (χ2v) is 6.23. The molecule has 5 heteroatoms. The van der Waals surface area contributed by atoms with Gasteiger partial charge in [-0.15, -0.1) is 0 Å². The lowest BCUT2D eigenvalue weighted by molar-refractivity contribution is 0.0292. The van der Waals surface area contributed by atoms with Gasteiger partial charge in [0.05, 0.1) is 5.69 Å². The number of ether oxygens (including phenoxy) is 1. The number of phenolic OH excluding ortho intramolecular Hbond substituents is 1. The molecule has 1 aromatic carbocycles. The Balaban J connectivity index is 2.01. The number of nitrogens with zero attached hydrogens (tertiary/aromatic N) is 1. The maximum absolute atomic E-state index is 12.0. The Labute approximate surface area is 119 Å². The van der Waals surface area contributed by atoms with Gasteiger partial charge in [0.25, 0.3) is 0 Å². The van der Waals surface area contributed by atoms with Crippen LogP contribution in [0.5, 0.6) is 5.75 Å². The molecule has 2 rings (SSSR count). The number of anilines is 1. The third kappa shape index (κ3) is 3.35. The fourth-order valence-electron chi connectivity index (χ4n) is 2.35. The number of likely N-dealkylation sites (tertiary alicyclic amines) is 1. The number of benzene rings is 1. The second-order valence-electron chi connectivity index (χ2n) is 6.23. The number of carbonyl (C=O) groups is 1. The third-order valence-corrected chi connectivity index (χ3v) is 3.36. The minimum absolute atomic E-state index is 0.0933. The molecule has 1 aromatic rings. The van der Waals surface area contributed by atoms with Crippen LogP contribution in [0.1, 0.15) is 38.7 Å². The number of phenols is 1. The molecule has 110 valence electrons. The van der Waals surface area contributed by atoms with Gasteiger partial charge in [0.1, 0.15) is 11.4 Å². The van der Waals surface area contributed by atoms with Gasteiger partial charge in [-0.2, -0.15) is 0 Å². The molecule has 1 atom stereocenters. The third-order valence-electron chi connectivity index (χ3n) is 3.36. The summed E-state index contributed by atoms with van der Waals surface area (Å²) in [5.41, 5.74) is 6.66. The smallest absolute Gasteiger partial charge is 0.410 e. The Hall–Kier alpha value is -1.91. The van der Waals surface area contributed by atoms with Crippen molar-refractivity contribution in [3.63, 3.8) is 0 Å². The molecule has 0 aromatic heterocycles. The first-order chi connectivity index (χ1) is 9.26. The van der Waals surface area contributed by atoms with Gasteiger partial charge >= 0.3 is 6.09 Å². The minimum atomic E-state index is -0.474. The summed E-state index contributed by atoms with van der Waals surface area (Å²) in [4.78, 5) is 13.7. The second kappa shape index (κ2) is 5.23. The zero-order valence-electron chi connectivity index (χ0n) is 12.2. The Morgan fingerprint density at radius 2 is 2.15 bits per heavy atom. The van der Waals surface area contributed by atoms with Crippen molar-refractivity contribution in [2.24, 2.45) is 0 Å². The molecule has 0 spiro atoms. The molecule has 1 heterocycles. The van der Waals surface area contributed by atoms with E-state index in [0.29, 0.717) is 18.8 Å². The highest BCUT2D eigenvalue weighted by Gasteiger charge is 2.30. The molecule has 1 aliphatic heterocycles. The van der Waals surface area contributed by atoms with Crippen LogP contribution >= 0.6 is 0 Å². The summed E-state index contributed by atoms with van der Waals surface area (Å²) >= 11 is 0. The van der Waals surface area contributed by atoms with Crippen molar-refractivity contribution in [1.82, 2.24) is 4.90 Å². The molecule has 1 aliphatic rings. The summed E-state index contributed by atoms with van der Waals surface area (Å²) in [6, 6.07) is 5.23. The van der Waals surface area contributed by atoms with E-state index in [4.69, 9.17) is 10.5 Å². The zero-order chi connectivity index (χ0) is 14.9. The Morgan fingerprint density at radius 3 is 2.75 bits per heavy atom. The van der Waals surface area contributed by atoms with Gasteiger partial charge in [0.15, 0.2) is 0 Å². The van der Waals surface area contributed by atoms with Crippen LogP contribution < -0.4 is 5.73 Å². The summed E-state index contributed by atoms with van der Waals surface area (Å²) in [6.07, 6.45) is 0.607. The van der Waals surface area contributed by atoms with Crippen LogP contribution in [-0.4, -0.2) is 34.8 Å². The van der Waals surface area contributed by atoms with E-state index in [1.807, 2.05) is 26.8 Å². The van der Waals surface area contributed by atoms with Gasteiger partial charge in [-0.3, -0.25) is 0 Å². The molecule has 1 saturated heterocycles. The highest BCUT2D eigenvalue weighted by atomic mass is 16.6. The van der Waals surface area contributed by atoms with Crippen LogP contribution in [0.2, 0.25) is 0 Å². The topological polar surface area (TPSA) is 75.8 Å². The van der Waals surface area contributed by atoms with Gasteiger partial charge in [-0.1, -0.05) is 6.07 Å². The summed E-state index contributed by atoms with van der Waals surface area (Å²) in [6.45, 7) is 6.89. The van der Waals surface area contributed by atoms with E-state index in [0.717, 1.165) is 12.0 Å². The van der Waals surface area contributed by atoms with E-state index in [2.05, 4.69) is 0 Å². The number of nitrogen functional groups attached to an aromatic ring is 1. The maximum atomic E-state index is 12.0. The number of amides is 1. The fourth-order valence-corrected chi connectivity index (χ4v) is 2.35. The van der Waals surface area contributed by atoms with Crippen molar-refractivity contribution in [1.29, 1.82) is 0 Å². The Kier molecular flexibility index (Phi) is 3.79. The largest absolute Gasteiger partial charge is 0.506 e. The Morgan fingerprint density at radius 1 is 1.45 bits per heavy atom. The lowest BCUT2D eigenvalue weighted by Gasteiger charge is -2.24. The molecule has 5 nitrogen and oxygen atoms in total. The van der Waals surface area contributed by atoms with E-state index in [9.17, 15) is 9.90 Å². The van der Waals surface area contributed by atoms with Crippen LogP contribution in [0.4, 0.5) is 10.5 Å². The minimum Gasteiger partial charge on any atom is -0.506 e. The fraction of sp³-hybridized carbons (Fsp3) is 0.533. The van der Waals surface area contributed by atoms with Crippen molar-refractivity contribution in [3.8, 4) is 5.75 Å². The number of aromatic hydroxyl groups is 1. The Bertz CT molecular complexity index is 508. The van der Waals surface area contributed by atoms with Crippen molar-refractivity contribution in [3.05, 3.63) is 23.8 Å². The molecule has 1 unspecified atom stereocenters. The van der Waals surface area contributed by atoms with E-state index < -0.39 is 5.60 Å². The van der Waals surface area contributed by atoms with Crippen molar-refractivity contribution in [2.75, 3.05) is 18.8 Å². The monoisotopic (exact) mass is 278 g/mol. The molecule has 1 fully saturated rings. The normalized spacial score (nSPS) is 19.1. The number of hydrogen-bond acceptors (Lipinski definition) is 4. The predicted molar refractivity (Wildman–Crippen MR) is 77.7 cm³/mol. The first-order valence-electron chi connectivity index (χ1n) is 6.82. The average Bonchev–Trinajstić information content (AvgIpc) is 2.80. The van der Waals surface area contributed by atoms with Gasteiger partial charge < -0.3 is 20.5 Å². The molecule has 0 aliphatic carbocycles. The first-order valence-corrected chi connectivity index (χ1v) is 6.82. The molecule has 0 saturated carbocycles. The molecular weight excluding hydrogens is 256 g/mol. The maximum Gasteiger partial charge on any atom is 0.410 e. The summed E-state index contributed by atoms with van der Waals surface area (Å²) < 4.78 is 5.37. The molecule has 3 N–H and O–H groups in total. The number of carbonyl (C=O) groups excluding carboxylic acids is 1. The number of hydrogen-bond donors (Lipinski definition) is 2. The molecule has 0 bridgehead atoms. The van der Waals surface area contributed by atoms with Gasteiger partial charge in [0.2, 0.25) is 0 Å². The summed E-state index contributed by atoms with van der Waals surface area (Å²) in [5, 5.41) is 9.44. The zero-order valence-corrected chi connectivity index (χ0v) is 12.2. The highest BCUT2D eigenvalue weighted by Crippen LogP contribution is 2.31. The standard InChI is InChI=1S/C15H22N2O3/c1-15(2,3)20-14(19)17-7-6-11(9-17)10-4-5-13(18)12(16)8-10/h4-5,8,11,18H,6-7,9,16H2,1-3H3. The quantitative estimate of drug-likeness (QED) is 0.611. The van der Waals surface area contributed by atoms with Gasteiger partial charge in [-0.05, 0) is 44.9 Å². The van der Waals surface area contributed by atoms with Crippen LogP contribution in [0, 0.1) is 0 Å². The SMILES string of the molecule is CC(C)(C)OC(=O)N1CCC(c2ccc(O)c(N)c2)C1. The van der Waals surface area contributed by atoms with E-state index in [1.54, 1.807) is 17.0 Å². The van der Waals surface area contributed by atoms with Crippen LogP contribution in [0.15, 0.2) is 18.2 Å². The predicted octanol–water partition coefficient (Wildman–Crippen LogP) is 2.70. The van der Waals surface area contributed by atoms with Crippen molar-refractivity contribution < 1.29 is 14.6 Å². The lowest BCUT2D eigenvalue weighted by Crippen LogP contribution is -2.35. The van der Waals surface area contributed by atoms with Crippen LogP contribution in [0.25, 0.3) is 0 Å². The van der Waals surface area contributed by atoms with Crippen LogP contribution in [0.3, 0.4) is 0 Å². The van der Waals surface area contributed by atoms with E-state index in [1.165, 1.54) is 0 Å². The first kappa shape index (κ1) is 14.5. The molecular formula is C15H22N2O3. The van der Waals surface area contributed by atoms with Crippen molar-refractivity contribution >= 4 is 11.8 Å². The van der Waals surface area contributed by atoms with E-state index in [-0.39, 0.29) is 17.8 Å². The molecule has 0 radical (unpaired) electrons. The van der Waals surface area contributed by atoms with Crippen molar-refractivity contribution in [2.45, 2.75) is 38.7 Å². The number of nitrogens with two attached hydrogens (primary N) is 1. The summed E-state index contributed by atoms with van der Waals surface area (Å²) in [5.74, 6) is 0.334. The van der Waals surface area contributed by atoms with Gasteiger partial charge in [-0.25, -0.2) is 4.79 Å². The molecule has 1 amide bonds. The molecule has 20 heavy (non-hydrogen) atoms. The lowest BCUT2D eigenvalue weighted by atomic mass is 9.98. The van der Waals surface area contributed by atoms with E-state index >= 15 is 0 Å². The average molecular weight is 278 g/mol. The number of rotatable bonds is 1. The summed E-state index contributed by atoms with van der Waals surface area (Å²) in [7, 11) is 0. The van der Waals surface area contributed by atoms with Gasteiger partial charge in [0, 0.05) is 19.0 Å². The highest BCUT2D eigenvalue weighted by molar-refractivity contribution is 5.68. The van der Waals surface area contributed by atoms with Crippen LogP contribution in [-0.2, 0) is 4.74 Å².